The lowest BCUT2D eigenvalue weighted by atomic mass is 10.1. The number of nitrogens with one attached hydrogen (secondary N) is 1. The quantitative estimate of drug-likeness (QED) is 0.765. The maximum Gasteiger partial charge on any atom is 0.242 e. The van der Waals surface area contributed by atoms with Crippen molar-refractivity contribution in [3.05, 3.63) is 29.8 Å². The van der Waals surface area contributed by atoms with E-state index >= 15 is 0 Å². The maximum atomic E-state index is 12.2. The van der Waals surface area contributed by atoms with Crippen LogP contribution in [0.3, 0.4) is 0 Å². The van der Waals surface area contributed by atoms with Gasteiger partial charge in [0.1, 0.15) is 6.04 Å². The Morgan fingerprint density at radius 2 is 2.20 bits per heavy atom. The molecule has 0 aliphatic heterocycles. The minimum Gasteiger partial charge on any atom is -0.360 e. The molecule has 4 nitrogen and oxygen atoms in total. The van der Waals surface area contributed by atoms with Crippen LogP contribution in [0.5, 0.6) is 0 Å². The summed E-state index contributed by atoms with van der Waals surface area (Å²) in [5.74, 6) is 0.0744. The van der Waals surface area contributed by atoms with E-state index in [4.69, 9.17) is 5.73 Å². The van der Waals surface area contributed by atoms with Crippen molar-refractivity contribution >= 4 is 11.6 Å². The van der Waals surface area contributed by atoms with Crippen molar-refractivity contribution in [1.82, 2.24) is 5.32 Å². The molecule has 0 saturated carbocycles. The van der Waals surface area contributed by atoms with Crippen LogP contribution < -0.4 is 16.0 Å². The lowest BCUT2D eigenvalue weighted by Crippen LogP contribution is -2.46. The Balaban J connectivity index is 2.85. The Morgan fingerprint density at radius 1 is 1.45 bits per heavy atom. The molecular weight excluding hydrogens is 250 g/mol. The number of hydrogen-bond donors (Lipinski definition) is 2. The number of hydrogen-bond acceptors (Lipinski definition) is 3. The summed E-state index contributed by atoms with van der Waals surface area (Å²) in [4.78, 5) is 14.3. The van der Waals surface area contributed by atoms with E-state index < -0.39 is 0 Å². The fourth-order valence-corrected chi connectivity index (χ4v) is 2.15. The molecule has 112 valence electrons. The number of rotatable bonds is 8. The third-order valence-corrected chi connectivity index (χ3v) is 3.33. The molecule has 0 saturated heterocycles. The van der Waals surface area contributed by atoms with Gasteiger partial charge < -0.3 is 16.0 Å². The predicted molar refractivity (Wildman–Crippen MR) is 85.0 cm³/mol. The van der Waals surface area contributed by atoms with Crippen LogP contribution in [0, 0.1) is 6.92 Å². The Bertz CT molecular complexity index is 420. The van der Waals surface area contributed by atoms with E-state index in [1.54, 1.807) is 0 Å². The van der Waals surface area contributed by atoms with Crippen molar-refractivity contribution in [2.45, 2.75) is 39.7 Å². The Morgan fingerprint density at radius 3 is 2.80 bits per heavy atom. The first kappa shape index (κ1) is 16.5. The highest BCUT2D eigenvalue weighted by Gasteiger charge is 2.20. The zero-order valence-corrected chi connectivity index (χ0v) is 12.9. The van der Waals surface area contributed by atoms with Crippen LogP contribution in [0.1, 0.15) is 32.3 Å². The molecule has 1 amide bonds. The molecule has 1 aromatic carbocycles. The van der Waals surface area contributed by atoms with E-state index in [-0.39, 0.29) is 11.9 Å². The first-order chi connectivity index (χ1) is 9.60. The lowest BCUT2D eigenvalue weighted by molar-refractivity contribution is -0.122. The highest BCUT2D eigenvalue weighted by molar-refractivity contribution is 5.84. The third-order valence-electron chi connectivity index (χ3n) is 3.33. The molecular formula is C16H27N3O. The second-order valence-corrected chi connectivity index (χ2v) is 5.14. The molecule has 0 heterocycles. The van der Waals surface area contributed by atoms with Crippen molar-refractivity contribution in [1.29, 1.82) is 0 Å². The fourth-order valence-electron chi connectivity index (χ4n) is 2.15. The molecule has 1 atom stereocenters. The van der Waals surface area contributed by atoms with Gasteiger partial charge in [-0.2, -0.15) is 0 Å². The second kappa shape index (κ2) is 8.59. The van der Waals surface area contributed by atoms with Crippen LogP contribution in [0.15, 0.2) is 24.3 Å². The standard InChI is InChI=1S/C16H27N3O/c1-4-10-18-16(20)14(3)19(11-6-9-17)15-8-5-7-13(2)12-15/h5,7-8,12,14H,4,6,9-11,17H2,1-3H3,(H,18,20). The molecule has 1 unspecified atom stereocenters. The van der Waals surface area contributed by atoms with Crippen molar-refractivity contribution in [2.24, 2.45) is 5.73 Å². The minimum atomic E-state index is -0.185. The number of nitrogens with zero attached hydrogens (tertiary/aromatic N) is 1. The topological polar surface area (TPSA) is 58.4 Å². The van der Waals surface area contributed by atoms with Crippen LogP contribution in [0.25, 0.3) is 0 Å². The summed E-state index contributed by atoms with van der Waals surface area (Å²) in [5.41, 5.74) is 7.89. The van der Waals surface area contributed by atoms with Crippen LogP contribution in [-0.2, 0) is 4.79 Å². The molecule has 0 aliphatic rings. The van der Waals surface area contributed by atoms with Gasteiger partial charge in [-0.15, -0.1) is 0 Å². The SMILES string of the molecule is CCCNC(=O)C(C)N(CCCN)c1cccc(C)c1. The molecule has 0 radical (unpaired) electrons. The van der Waals surface area contributed by atoms with E-state index in [1.807, 2.05) is 19.1 Å². The summed E-state index contributed by atoms with van der Waals surface area (Å²) < 4.78 is 0. The molecule has 1 rings (SSSR count). The number of carbonyl (C=O) groups is 1. The normalized spacial score (nSPS) is 12.0. The van der Waals surface area contributed by atoms with Gasteiger partial charge in [-0.1, -0.05) is 19.1 Å². The zero-order valence-electron chi connectivity index (χ0n) is 12.9. The minimum absolute atomic E-state index is 0.0744. The Hall–Kier alpha value is -1.55. The van der Waals surface area contributed by atoms with Crippen LogP contribution in [-0.4, -0.2) is 31.6 Å². The monoisotopic (exact) mass is 277 g/mol. The van der Waals surface area contributed by atoms with Crippen LogP contribution in [0.2, 0.25) is 0 Å². The average molecular weight is 277 g/mol. The summed E-state index contributed by atoms with van der Waals surface area (Å²) in [6, 6.07) is 8.06. The molecule has 0 aromatic heterocycles. The number of nitrogens with two attached hydrogens (primary N) is 1. The van der Waals surface area contributed by atoms with Crippen molar-refractivity contribution in [2.75, 3.05) is 24.5 Å². The molecule has 0 aliphatic carbocycles. The van der Waals surface area contributed by atoms with Gasteiger partial charge in [0.15, 0.2) is 0 Å². The third kappa shape index (κ3) is 4.85. The maximum absolute atomic E-state index is 12.2. The molecule has 3 N–H and O–H groups in total. The molecule has 0 fully saturated rings. The van der Waals surface area contributed by atoms with Gasteiger partial charge in [-0.05, 0) is 50.9 Å². The number of benzene rings is 1. The van der Waals surface area contributed by atoms with Gasteiger partial charge in [0.25, 0.3) is 0 Å². The summed E-state index contributed by atoms with van der Waals surface area (Å²) >= 11 is 0. The summed E-state index contributed by atoms with van der Waals surface area (Å²) in [6.07, 6.45) is 1.82. The van der Waals surface area contributed by atoms with E-state index in [0.29, 0.717) is 6.54 Å². The second-order valence-electron chi connectivity index (χ2n) is 5.14. The van der Waals surface area contributed by atoms with E-state index in [2.05, 4.69) is 36.2 Å². The Kier molecular flexibility index (Phi) is 7.09. The van der Waals surface area contributed by atoms with Crippen molar-refractivity contribution in [3.63, 3.8) is 0 Å². The number of amides is 1. The number of aryl methyl sites for hydroxylation is 1. The zero-order chi connectivity index (χ0) is 15.0. The van der Waals surface area contributed by atoms with Gasteiger partial charge in [0.2, 0.25) is 5.91 Å². The number of carbonyl (C=O) groups excluding carboxylic acids is 1. The van der Waals surface area contributed by atoms with E-state index in [9.17, 15) is 4.79 Å². The van der Waals surface area contributed by atoms with E-state index in [0.717, 1.165) is 31.6 Å². The smallest absolute Gasteiger partial charge is 0.242 e. The molecule has 0 spiro atoms. The van der Waals surface area contributed by atoms with Gasteiger partial charge in [-0.3, -0.25) is 4.79 Å². The molecule has 4 heteroatoms. The highest BCUT2D eigenvalue weighted by atomic mass is 16.2. The van der Waals surface area contributed by atoms with Gasteiger partial charge >= 0.3 is 0 Å². The van der Waals surface area contributed by atoms with Gasteiger partial charge in [-0.25, -0.2) is 0 Å². The van der Waals surface area contributed by atoms with E-state index in [1.165, 1.54) is 5.56 Å². The lowest BCUT2D eigenvalue weighted by Gasteiger charge is -2.30. The predicted octanol–water partition coefficient (Wildman–Crippen LogP) is 2.06. The molecule has 20 heavy (non-hydrogen) atoms. The van der Waals surface area contributed by atoms with Crippen molar-refractivity contribution < 1.29 is 4.79 Å². The first-order valence-electron chi connectivity index (χ1n) is 7.41. The number of anilines is 1. The van der Waals surface area contributed by atoms with Gasteiger partial charge in [0.05, 0.1) is 0 Å². The average Bonchev–Trinajstić information content (AvgIpc) is 2.45. The largest absolute Gasteiger partial charge is 0.360 e. The van der Waals surface area contributed by atoms with Crippen molar-refractivity contribution in [3.8, 4) is 0 Å². The fraction of sp³-hybridized carbons (Fsp3) is 0.562. The van der Waals surface area contributed by atoms with Gasteiger partial charge in [0, 0.05) is 18.8 Å². The summed E-state index contributed by atoms with van der Waals surface area (Å²) in [5, 5.41) is 2.96. The van der Waals surface area contributed by atoms with Crippen LogP contribution in [0.4, 0.5) is 5.69 Å². The summed E-state index contributed by atoms with van der Waals surface area (Å²) in [7, 11) is 0. The van der Waals surface area contributed by atoms with Crippen LogP contribution >= 0.6 is 0 Å². The first-order valence-corrected chi connectivity index (χ1v) is 7.41. The molecule has 0 bridgehead atoms. The molecule has 1 aromatic rings. The Labute approximate surface area is 122 Å². The highest BCUT2D eigenvalue weighted by Crippen LogP contribution is 2.19. The summed E-state index contributed by atoms with van der Waals surface area (Å²) in [6.45, 7) is 8.21.